The van der Waals surface area contributed by atoms with Gasteiger partial charge in [0, 0.05) is 6.20 Å². The Morgan fingerprint density at radius 2 is 2.18 bits per heavy atom. The molecule has 0 atom stereocenters. The van der Waals surface area contributed by atoms with Crippen molar-refractivity contribution in [2.24, 2.45) is 0 Å². The number of ether oxygens (including phenoxy) is 1. The first-order chi connectivity index (χ1) is 7.76. The van der Waals surface area contributed by atoms with Crippen LogP contribution in [0.25, 0.3) is 0 Å². The van der Waals surface area contributed by atoms with Gasteiger partial charge in [0.2, 0.25) is 0 Å². The largest absolute Gasteiger partial charge is 0.573 e. The maximum atomic E-state index is 12.0. The fraction of sp³-hybridized carbons (Fsp3) is 0.125. The second-order valence-corrected chi connectivity index (χ2v) is 2.73. The number of hydrogen-bond donors (Lipinski definition) is 2. The molecule has 1 heterocycles. The smallest absolute Gasteiger partial charge is 0.478 e. The molecule has 0 unspecified atom stereocenters. The van der Waals surface area contributed by atoms with Crippen LogP contribution in [0.1, 0.15) is 16.1 Å². The molecule has 0 saturated heterocycles. The number of pyridine rings is 1. The SMILES string of the molecule is N#Cc1ncc(C(=O)O)c(N)c1OC(F)(F)F. The van der Waals surface area contributed by atoms with Gasteiger partial charge in [0.1, 0.15) is 11.6 Å². The normalized spacial score (nSPS) is 10.7. The summed E-state index contributed by atoms with van der Waals surface area (Å²) in [5, 5.41) is 17.1. The van der Waals surface area contributed by atoms with E-state index in [9.17, 15) is 18.0 Å². The van der Waals surface area contributed by atoms with Gasteiger partial charge in [0.25, 0.3) is 0 Å². The zero-order chi connectivity index (χ0) is 13.2. The van der Waals surface area contributed by atoms with Crippen molar-refractivity contribution in [2.45, 2.75) is 6.36 Å². The van der Waals surface area contributed by atoms with Gasteiger partial charge in [-0.3, -0.25) is 0 Å². The van der Waals surface area contributed by atoms with Crippen molar-refractivity contribution in [1.82, 2.24) is 4.98 Å². The third-order valence-electron chi connectivity index (χ3n) is 1.63. The highest BCUT2D eigenvalue weighted by molar-refractivity contribution is 5.95. The Kier molecular flexibility index (Phi) is 3.08. The zero-order valence-corrected chi connectivity index (χ0v) is 7.95. The monoisotopic (exact) mass is 247 g/mol. The Hall–Kier alpha value is -2.50. The maximum absolute atomic E-state index is 12.0. The quantitative estimate of drug-likeness (QED) is 0.810. The van der Waals surface area contributed by atoms with Crippen LogP contribution in [0.2, 0.25) is 0 Å². The third-order valence-corrected chi connectivity index (χ3v) is 1.63. The first-order valence-electron chi connectivity index (χ1n) is 3.94. The molecule has 1 aromatic rings. The zero-order valence-electron chi connectivity index (χ0n) is 7.95. The van der Waals surface area contributed by atoms with E-state index in [1.165, 1.54) is 6.07 Å². The lowest BCUT2D eigenvalue weighted by Gasteiger charge is -2.12. The highest BCUT2D eigenvalue weighted by atomic mass is 19.4. The minimum absolute atomic E-state index is 0.678. The lowest BCUT2D eigenvalue weighted by molar-refractivity contribution is -0.274. The number of carbonyl (C=O) groups is 1. The molecule has 1 aromatic heterocycles. The van der Waals surface area contributed by atoms with E-state index in [4.69, 9.17) is 16.1 Å². The van der Waals surface area contributed by atoms with Gasteiger partial charge in [-0.05, 0) is 0 Å². The minimum Gasteiger partial charge on any atom is -0.478 e. The summed E-state index contributed by atoms with van der Waals surface area (Å²) in [5.41, 5.74) is 2.94. The molecule has 6 nitrogen and oxygen atoms in total. The van der Waals surface area contributed by atoms with Crippen LogP contribution >= 0.6 is 0 Å². The molecule has 0 radical (unpaired) electrons. The van der Waals surface area contributed by atoms with Crippen LogP contribution in [0.15, 0.2) is 6.20 Å². The minimum atomic E-state index is -5.10. The molecule has 1 rings (SSSR count). The molecule has 0 fully saturated rings. The molecule has 0 spiro atoms. The van der Waals surface area contributed by atoms with Crippen LogP contribution in [-0.4, -0.2) is 22.4 Å². The van der Waals surface area contributed by atoms with Gasteiger partial charge < -0.3 is 15.6 Å². The molecular weight excluding hydrogens is 243 g/mol. The fourth-order valence-corrected chi connectivity index (χ4v) is 0.976. The van der Waals surface area contributed by atoms with Gasteiger partial charge in [-0.2, -0.15) is 5.26 Å². The number of nitrogens with two attached hydrogens (primary N) is 1. The Morgan fingerprint density at radius 1 is 1.59 bits per heavy atom. The van der Waals surface area contributed by atoms with Gasteiger partial charge >= 0.3 is 12.3 Å². The second kappa shape index (κ2) is 4.17. The number of halogens is 3. The molecule has 0 aromatic carbocycles. The fourth-order valence-electron chi connectivity index (χ4n) is 0.976. The molecular formula is C8H4F3N3O3. The molecule has 90 valence electrons. The van der Waals surface area contributed by atoms with E-state index in [0.29, 0.717) is 6.20 Å². The van der Waals surface area contributed by atoms with E-state index in [0.717, 1.165) is 0 Å². The van der Waals surface area contributed by atoms with Crippen LogP contribution in [0.4, 0.5) is 18.9 Å². The third kappa shape index (κ3) is 2.75. The van der Waals surface area contributed by atoms with Crippen molar-refractivity contribution < 1.29 is 27.8 Å². The van der Waals surface area contributed by atoms with Crippen molar-refractivity contribution >= 4 is 11.7 Å². The summed E-state index contributed by atoms with van der Waals surface area (Å²) in [7, 11) is 0. The van der Waals surface area contributed by atoms with Crippen molar-refractivity contribution in [3.63, 3.8) is 0 Å². The van der Waals surface area contributed by atoms with Crippen molar-refractivity contribution in [2.75, 3.05) is 5.73 Å². The molecule has 0 amide bonds. The Morgan fingerprint density at radius 3 is 2.59 bits per heavy atom. The maximum Gasteiger partial charge on any atom is 0.573 e. The summed E-state index contributed by atoms with van der Waals surface area (Å²) in [6, 6.07) is 1.32. The van der Waals surface area contributed by atoms with Gasteiger partial charge in [-0.25, -0.2) is 9.78 Å². The number of rotatable bonds is 2. The summed E-state index contributed by atoms with van der Waals surface area (Å²) in [5.74, 6) is -2.69. The molecule has 0 aliphatic heterocycles. The van der Waals surface area contributed by atoms with E-state index < -0.39 is 35.0 Å². The molecule has 17 heavy (non-hydrogen) atoms. The predicted octanol–water partition coefficient (Wildman–Crippen LogP) is 1.13. The van der Waals surface area contributed by atoms with E-state index in [1.54, 1.807) is 0 Å². The number of hydrogen-bond acceptors (Lipinski definition) is 5. The molecule has 0 saturated carbocycles. The van der Waals surface area contributed by atoms with E-state index in [2.05, 4.69) is 9.72 Å². The summed E-state index contributed by atoms with van der Waals surface area (Å²) in [6.45, 7) is 0. The number of carboxylic acids is 1. The number of aromatic nitrogens is 1. The number of nitrogen functional groups attached to an aromatic ring is 1. The molecule has 3 N–H and O–H groups in total. The van der Waals surface area contributed by atoms with Crippen LogP contribution in [0.5, 0.6) is 5.75 Å². The highest BCUT2D eigenvalue weighted by Gasteiger charge is 2.34. The standard InChI is InChI=1S/C8H4F3N3O3/c9-8(10,11)17-6-4(1-12)14-2-3(5(6)13)7(15)16/h2H,(H2,13,14)(H,15,16). The van der Waals surface area contributed by atoms with Gasteiger partial charge in [-0.1, -0.05) is 0 Å². The van der Waals surface area contributed by atoms with Gasteiger partial charge in [-0.15, -0.1) is 13.2 Å². The van der Waals surface area contributed by atoms with Crippen LogP contribution in [0, 0.1) is 11.3 Å². The number of nitrogens with zero attached hydrogens (tertiary/aromatic N) is 2. The topological polar surface area (TPSA) is 109 Å². The predicted molar refractivity (Wildman–Crippen MR) is 47.0 cm³/mol. The molecule has 9 heteroatoms. The van der Waals surface area contributed by atoms with Crippen LogP contribution in [0.3, 0.4) is 0 Å². The molecule has 0 bridgehead atoms. The van der Waals surface area contributed by atoms with Crippen LogP contribution in [-0.2, 0) is 0 Å². The Bertz CT molecular complexity index is 507. The van der Waals surface area contributed by atoms with Crippen molar-refractivity contribution in [1.29, 1.82) is 5.26 Å². The van der Waals surface area contributed by atoms with Gasteiger partial charge in [0.05, 0.1) is 5.69 Å². The second-order valence-electron chi connectivity index (χ2n) is 2.73. The van der Waals surface area contributed by atoms with Crippen molar-refractivity contribution in [3.05, 3.63) is 17.5 Å². The summed E-state index contributed by atoms with van der Waals surface area (Å²) >= 11 is 0. The van der Waals surface area contributed by atoms with E-state index >= 15 is 0 Å². The molecule has 0 aliphatic rings. The van der Waals surface area contributed by atoms with Crippen LogP contribution < -0.4 is 10.5 Å². The van der Waals surface area contributed by atoms with Gasteiger partial charge in [0.15, 0.2) is 11.4 Å². The number of nitriles is 1. The molecule has 0 aliphatic carbocycles. The lowest BCUT2D eigenvalue weighted by Crippen LogP contribution is -2.20. The first-order valence-corrected chi connectivity index (χ1v) is 3.94. The number of carboxylic acid groups (broad SMARTS) is 1. The number of alkyl halides is 3. The first kappa shape index (κ1) is 12.6. The van der Waals surface area contributed by atoms with Crippen molar-refractivity contribution in [3.8, 4) is 11.8 Å². The average molecular weight is 247 g/mol. The van der Waals surface area contributed by atoms with E-state index in [1.807, 2.05) is 0 Å². The summed E-state index contributed by atoms with van der Waals surface area (Å²) in [6.07, 6.45) is -4.42. The summed E-state index contributed by atoms with van der Waals surface area (Å²) in [4.78, 5) is 13.8. The number of anilines is 1. The Balaban J connectivity index is 3.39. The average Bonchev–Trinajstić information content (AvgIpc) is 2.18. The highest BCUT2D eigenvalue weighted by Crippen LogP contribution is 2.32. The number of aromatic carboxylic acids is 1. The Labute approximate surface area is 92.0 Å². The lowest BCUT2D eigenvalue weighted by atomic mass is 10.2. The van der Waals surface area contributed by atoms with E-state index in [-0.39, 0.29) is 0 Å². The summed E-state index contributed by atoms with van der Waals surface area (Å²) < 4.78 is 39.5.